The molecule has 140 valence electrons. The number of methoxy groups -OCH3 is 2. The number of carbonyl (C=O) groups is 1. The molecule has 0 aliphatic carbocycles. The Morgan fingerprint density at radius 2 is 1.81 bits per heavy atom. The van der Waals surface area contributed by atoms with Crippen LogP contribution in [0.1, 0.15) is 23.0 Å². The molecule has 1 aromatic heterocycles. The lowest BCUT2D eigenvalue weighted by molar-refractivity contribution is 0.102. The van der Waals surface area contributed by atoms with Gasteiger partial charge in [-0.1, -0.05) is 6.92 Å². The molecule has 0 aliphatic heterocycles. The molecule has 0 atom stereocenters. The zero-order valence-electron chi connectivity index (χ0n) is 15.3. The van der Waals surface area contributed by atoms with Crippen LogP contribution in [0.5, 0.6) is 11.5 Å². The van der Waals surface area contributed by atoms with Crippen molar-refractivity contribution in [1.29, 1.82) is 0 Å². The average Bonchev–Trinajstić information content (AvgIpc) is 3.10. The molecule has 0 radical (unpaired) electrons. The first-order valence-corrected chi connectivity index (χ1v) is 8.44. The number of aryl methyl sites for hydroxylation is 1. The van der Waals surface area contributed by atoms with Crippen LogP contribution in [0.4, 0.5) is 10.1 Å². The summed E-state index contributed by atoms with van der Waals surface area (Å²) in [5.41, 5.74) is 3.08. The molecule has 0 aliphatic rings. The quantitative estimate of drug-likeness (QED) is 0.687. The highest BCUT2D eigenvalue weighted by atomic mass is 19.1. The van der Waals surface area contributed by atoms with E-state index >= 15 is 0 Å². The van der Waals surface area contributed by atoms with E-state index in [0.29, 0.717) is 34.9 Å². The molecule has 0 spiro atoms. The van der Waals surface area contributed by atoms with Gasteiger partial charge in [0, 0.05) is 11.1 Å². The third-order valence-electron chi connectivity index (χ3n) is 4.20. The van der Waals surface area contributed by atoms with Gasteiger partial charge in [-0.3, -0.25) is 9.89 Å². The molecule has 2 aromatic carbocycles. The van der Waals surface area contributed by atoms with Crippen LogP contribution in [-0.2, 0) is 6.42 Å². The van der Waals surface area contributed by atoms with Crippen LogP contribution in [-0.4, -0.2) is 30.3 Å². The summed E-state index contributed by atoms with van der Waals surface area (Å²) in [4.78, 5) is 12.6. The standard InChI is InChI=1S/C20H20FN3O3/c1-4-15-19(22-20(25)12-5-8-14(21)9-6-12)18(24-23-15)13-7-10-16(26-2)17(11-13)27-3/h5-11H,4H2,1-3H3,(H,22,25)(H,23,24). The molecule has 0 fully saturated rings. The number of anilines is 1. The number of carbonyl (C=O) groups excluding carboxylic acids is 1. The van der Waals surface area contributed by atoms with Crippen molar-refractivity contribution < 1.29 is 18.7 Å². The molecular weight excluding hydrogens is 349 g/mol. The second kappa shape index (κ2) is 7.90. The van der Waals surface area contributed by atoms with Crippen molar-refractivity contribution in [3.8, 4) is 22.8 Å². The van der Waals surface area contributed by atoms with Gasteiger partial charge in [-0.05, 0) is 48.9 Å². The third kappa shape index (κ3) is 3.76. The molecular formula is C20H20FN3O3. The lowest BCUT2D eigenvalue weighted by Gasteiger charge is -2.11. The Hall–Kier alpha value is -3.35. The smallest absolute Gasteiger partial charge is 0.255 e. The van der Waals surface area contributed by atoms with E-state index in [-0.39, 0.29) is 5.91 Å². The Morgan fingerprint density at radius 1 is 1.11 bits per heavy atom. The van der Waals surface area contributed by atoms with Crippen molar-refractivity contribution in [2.75, 3.05) is 19.5 Å². The number of halogens is 1. The third-order valence-corrected chi connectivity index (χ3v) is 4.20. The monoisotopic (exact) mass is 369 g/mol. The fourth-order valence-corrected chi connectivity index (χ4v) is 2.75. The zero-order valence-corrected chi connectivity index (χ0v) is 15.3. The molecule has 3 rings (SSSR count). The van der Waals surface area contributed by atoms with E-state index in [1.165, 1.54) is 24.3 Å². The van der Waals surface area contributed by atoms with Gasteiger partial charge in [-0.2, -0.15) is 5.10 Å². The molecule has 0 unspecified atom stereocenters. The summed E-state index contributed by atoms with van der Waals surface area (Å²) in [5, 5.41) is 10.2. The summed E-state index contributed by atoms with van der Waals surface area (Å²) in [5.74, 6) is 0.430. The summed E-state index contributed by atoms with van der Waals surface area (Å²) < 4.78 is 23.7. The summed E-state index contributed by atoms with van der Waals surface area (Å²) in [6.07, 6.45) is 0.652. The maximum Gasteiger partial charge on any atom is 0.255 e. The Kier molecular flexibility index (Phi) is 5.40. The molecule has 6 nitrogen and oxygen atoms in total. The number of aromatic nitrogens is 2. The molecule has 0 saturated carbocycles. The maximum atomic E-state index is 13.1. The van der Waals surface area contributed by atoms with Crippen LogP contribution in [0.3, 0.4) is 0 Å². The number of amides is 1. The minimum Gasteiger partial charge on any atom is -0.493 e. The average molecular weight is 369 g/mol. The Balaban J connectivity index is 1.98. The molecule has 0 bridgehead atoms. The van der Waals surface area contributed by atoms with Gasteiger partial charge in [0.1, 0.15) is 11.5 Å². The highest BCUT2D eigenvalue weighted by molar-refractivity contribution is 6.06. The molecule has 0 saturated heterocycles. The normalized spacial score (nSPS) is 10.5. The Morgan fingerprint density at radius 3 is 2.44 bits per heavy atom. The highest BCUT2D eigenvalue weighted by Gasteiger charge is 2.18. The number of benzene rings is 2. The number of nitrogens with one attached hydrogen (secondary N) is 2. The van der Waals surface area contributed by atoms with Crippen molar-refractivity contribution in [3.05, 3.63) is 59.5 Å². The predicted octanol–water partition coefficient (Wildman–Crippen LogP) is 4.05. The maximum absolute atomic E-state index is 13.1. The van der Waals surface area contributed by atoms with Crippen molar-refractivity contribution in [2.45, 2.75) is 13.3 Å². The van der Waals surface area contributed by atoms with Gasteiger partial charge in [-0.25, -0.2) is 4.39 Å². The van der Waals surface area contributed by atoms with Gasteiger partial charge < -0.3 is 14.8 Å². The van der Waals surface area contributed by atoms with E-state index in [1.807, 2.05) is 13.0 Å². The number of ether oxygens (including phenoxy) is 2. The fraction of sp³-hybridized carbons (Fsp3) is 0.200. The minimum absolute atomic E-state index is 0.340. The lowest BCUT2D eigenvalue weighted by Crippen LogP contribution is -2.13. The number of hydrogen-bond donors (Lipinski definition) is 2. The van der Waals surface area contributed by atoms with E-state index in [0.717, 1.165) is 11.3 Å². The summed E-state index contributed by atoms with van der Waals surface area (Å²) in [7, 11) is 3.12. The fourth-order valence-electron chi connectivity index (χ4n) is 2.75. The number of H-pyrrole nitrogens is 1. The molecule has 1 amide bonds. The van der Waals surface area contributed by atoms with E-state index in [4.69, 9.17) is 9.47 Å². The molecule has 3 aromatic rings. The zero-order chi connectivity index (χ0) is 19.4. The predicted molar refractivity (Wildman–Crippen MR) is 101 cm³/mol. The van der Waals surface area contributed by atoms with E-state index in [1.54, 1.807) is 26.4 Å². The molecule has 7 heteroatoms. The first-order chi connectivity index (χ1) is 13.1. The SMILES string of the molecule is CCc1[nH]nc(-c2ccc(OC)c(OC)c2)c1NC(=O)c1ccc(F)cc1. The van der Waals surface area contributed by atoms with Gasteiger partial charge in [0.2, 0.25) is 0 Å². The lowest BCUT2D eigenvalue weighted by atomic mass is 10.1. The number of nitrogens with zero attached hydrogens (tertiary/aromatic N) is 1. The highest BCUT2D eigenvalue weighted by Crippen LogP contribution is 2.35. The molecule has 2 N–H and O–H groups in total. The summed E-state index contributed by atoms with van der Waals surface area (Å²) in [6.45, 7) is 1.96. The van der Waals surface area contributed by atoms with E-state index in [9.17, 15) is 9.18 Å². The Labute approximate surface area is 156 Å². The van der Waals surface area contributed by atoms with Crippen LogP contribution < -0.4 is 14.8 Å². The topological polar surface area (TPSA) is 76.2 Å². The Bertz CT molecular complexity index is 952. The minimum atomic E-state index is -0.393. The molecule has 1 heterocycles. The van der Waals surface area contributed by atoms with Crippen LogP contribution in [0.2, 0.25) is 0 Å². The van der Waals surface area contributed by atoms with Crippen LogP contribution in [0.15, 0.2) is 42.5 Å². The second-order valence-corrected chi connectivity index (χ2v) is 5.81. The first kappa shape index (κ1) is 18.4. The van der Waals surface area contributed by atoms with Crippen molar-refractivity contribution in [3.63, 3.8) is 0 Å². The van der Waals surface area contributed by atoms with Crippen molar-refractivity contribution >= 4 is 11.6 Å². The van der Waals surface area contributed by atoms with Gasteiger partial charge in [0.15, 0.2) is 11.5 Å². The van der Waals surface area contributed by atoms with Crippen LogP contribution in [0.25, 0.3) is 11.3 Å². The first-order valence-electron chi connectivity index (χ1n) is 8.44. The largest absolute Gasteiger partial charge is 0.493 e. The number of rotatable bonds is 6. The number of aromatic amines is 1. The summed E-state index contributed by atoms with van der Waals surface area (Å²) >= 11 is 0. The van der Waals surface area contributed by atoms with E-state index in [2.05, 4.69) is 15.5 Å². The second-order valence-electron chi connectivity index (χ2n) is 5.81. The number of hydrogen-bond acceptors (Lipinski definition) is 4. The summed E-state index contributed by atoms with van der Waals surface area (Å²) in [6, 6.07) is 10.8. The van der Waals surface area contributed by atoms with E-state index < -0.39 is 5.82 Å². The van der Waals surface area contributed by atoms with Gasteiger partial charge in [0.25, 0.3) is 5.91 Å². The van der Waals surface area contributed by atoms with Crippen LogP contribution >= 0.6 is 0 Å². The van der Waals surface area contributed by atoms with Crippen LogP contribution in [0, 0.1) is 5.82 Å². The van der Waals surface area contributed by atoms with Gasteiger partial charge >= 0.3 is 0 Å². The molecule has 27 heavy (non-hydrogen) atoms. The van der Waals surface area contributed by atoms with Crippen molar-refractivity contribution in [2.24, 2.45) is 0 Å². The van der Waals surface area contributed by atoms with Crippen molar-refractivity contribution in [1.82, 2.24) is 10.2 Å². The van der Waals surface area contributed by atoms with Gasteiger partial charge in [-0.15, -0.1) is 0 Å². The van der Waals surface area contributed by atoms with Gasteiger partial charge in [0.05, 0.1) is 25.6 Å².